The van der Waals surface area contributed by atoms with Crippen LogP contribution in [0.2, 0.25) is 0 Å². The van der Waals surface area contributed by atoms with Crippen molar-refractivity contribution >= 4 is 0 Å². The maximum absolute atomic E-state index is 6.05. The molecule has 0 unspecified atom stereocenters. The lowest BCUT2D eigenvalue weighted by molar-refractivity contribution is 0.0780. The Morgan fingerprint density at radius 2 is 1.95 bits per heavy atom. The molecule has 1 rings (SSSR count). The Morgan fingerprint density at radius 3 is 2.37 bits per heavy atom. The largest absolute Gasteiger partial charge is 0.329 e. The molecule has 1 heterocycles. The first-order chi connectivity index (χ1) is 9.04. The molecular weight excluding hydrogens is 238 g/mol. The lowest BCUT2D eigenvalue weighted by Gasteiger charge is -2.41. The lowest BCUT2D eigenvalue weighted by Crippen LogP contribution is -2.53. The zero-order chi connectivity index (χ0) is 14.5. The number of rotatable bonds is 8. The Labute approximate surface area is 117 Å². The van der Waals surface area contributed by atoms with Crippen LogP contribution >= 0.6 is 0 Å². The van der Waals surface area contributed by atoms with Gasteiger partial charge in [-0.15, -0.1) is 0 Å². The summed E-state index contributed by atoms with van der Waals surface area (Å²) in [6.45, 7) is 13.3. The molecule has 0 radical (unpaired) electrons. The summed E-state index contributed by atoms with van der Waals surface area (Å²) >= 11 is 0. The molecule has 1 aromatic heterocycles. The zero-order valence-corrected chi connectivity index (χ0v) is 13.1. The number of likely N-dealkylation sites (N-methyl/N-ethyl adjacent to an activating group) is 1. The van der Waals surface area contributed by atoms with Crippen molar-refractivity contribution in [1.82, 2.24) is 19.7 Å². The molecule has 0 saturated heterocycles. The minimum Gasteiger partial charge on any atom is -0.329 e. The summed E-state index contributed by atoms with van der Waals surface area (Å²) < 4.78 is 2.00. The number of nitrogens with two attached hydrogens (primary N) is 1. The van der Waals surface area contributed by atoms with Crippen LogP contribution in [0.4, 0.5) is 0 Å². The van der Waals surface area contributed by atoms with Gasteiger partial charge in [0, 0.05) is 18.1 Å². The van der Waals surface area contributed by atoms with E-state index in [2.05, 4.69) is 49.6 Å². The predicted octanol–water partition coefficient (Wildman–Crippen LogP) is 2.20. The van der Waals surface area contributed by atoms with Gasteiger partial charge in [0.25, 0.3) is 0 Å². The summed E-state index contributed by atoms with van der Waals surface area (Å²) in [4.78, 5) is 6.85. The molecule has 0 bridgehead atoms. The van der Waals surface area contributed by atoms with E-state index in [1.165, 1.54) is 0 Å². The van der Waals surface area contributed by atoms with Crippen LogP contribution in [0.25, 0.3) is 0 Å². The molecule has 1 aromatic rings. The van der Waals surface area contributed by atoms with Gasteiger partial charge in [-0.1, -0.05) is 20.8 Å². The Hall–Kier alpha value is -0.940. The van der Waals surface area contributed by atoms with E-state index < -0.39 is 0 Å². The Morgan fingerprint density at radius 1 is 1.32 bits per heavy atom. The van der Waals surface area contributed by atoms with Crippen LogP contribution in [0.3, 0.4) is 0 Å². The van der Waals surface area contributed by atoms with Crippen LogP contribution in [0, 0.1) is 0 Å². The van der Waals surface area contributed by atoms with Gasteiger partial charge in [0.1, 0.15) is 12.2 Å². The van der Waals surface area contributed by atoms with E-state index in [1.54, 1.807) is 6.33 Å². The van der Waals surface area contributed by atoms with Gasteiger partial charge in [-0.05, 0) is 33.2 Å². The van der Waals surface area contributed by atoms with Crippen molar-refractivity contribution < 1.29 is 0 Å². The van der Waals surface area contributed by atoms with Crippen molar-refractivity contribution in [3.8, 4) is 0 Å². The molecule has 0 spiro atoms. The van der Waals surface area contributed by atoms with E-state index in [1.807, 2.05) is 4.68 Å². The monoisotopic (exact) mass is 267 g/mol. The maximum Gasteiger partial charge on any atom is 0.141 e. The van der Waals surface area contributed by atoms with Gasteiger partial charge in [-0.25, -0.2) is 9.67 Å². The highest BCUT2D eigenvalue weighted by atomic mass is 15.4. The van der Waals surface area contributed by atoms with Crippen LogP contribution in [-0.2, 0) is 6.54 Å². The van der Waals surface area contributed by atoms with Crippen molar-refractivity contribution in [3.63, 3.8) is 0 Å². The normalized spacial score (nSPS) is 12.6. The van der Waals surface area contributed by atoms with Gasteiger partial charge in [0.2, 0.25) is 0 Å². The third kappa shape index (κ3) is 3.34. The van der Waals surface area contributed by atoms with Crippen LogP contribution in [0.15, 0.2) is 6.33 Å². The van der Waals surface area contributed by atoms with Crippen LogP contribution in [0.1, 0.15) is 59.3 Å². The standard InChI is InChI=1S/C14H29N5/c1-6-14(7-2,10-15)18(8-3)9-13-16-11-17-19(13)12(4)5/h11-12H,6-10,15H2,1-5H3. The number of nitrogens with zero attached hydrogens (tertiary/aromatic N) is 4. The van der Waals surface area contributed by atoms with E-state index in [-0.39, 0.29) is 5.54 Å². The maximum atomic E-state index is 6.05. The Kier molecular flexibility index (Phi) is 5.94. The van der Waals surface area contributed by atoms with E-state index in [0.717, 1.165) is 31.8 Å². The molecule has 0 aliphatic carbocycles. The van der Waals surface area contributed by atoms with Crippen LogP contribution < -0.4 is 5.73 Å². The molecular formula is C14H29N5. The molecule has 0 aliphatic rings. The quantitative estimate of drug-likeness (QED) is 0.784. The first kappa shape index (κ1) is 16.1. The number of aromatic nitrogens is 3. The SMILES string of the molecule is CCN(Cc1ncnn1C(C)C)C(CC)(CC)CN. The summed E-state index contributed by atoms with van der Waals surface area (Å²) in [5.41, 5.74) is 6.12. The topological polar surface area (TPSA) is 60.0 Å². The third-order valence-electron chi connectivity index (χ3n) is 4.22. The van der Waals surface area contributed by atoms with E-state index in [0.29, 0.717) is 12.6 Å². The molecule has 5 heteroatoms. The number of hydrogen-bond acceptors (Lipinski definition) is 4. The summed E-state index contributed by atoms with van der Waals surface area (Å²) in [5.74, 6) is 1.02. The van der Waals surface area contributed by atoms with E-state index in [9.17, 15) is 0 Å². The van der Waals surface area contributed by atoms with Crippen molar-refractivity contribution in [2.24, 2.45) is 5.73 Å². The van der Waals surface area contributed by atoms with Gasteiger partial charge >= 0.3 is 0 Å². The fraction of sp³-hybridized carbons (Fsp3) is 0.857. The second kappa shape index (κ2) is 7.01. The summed E-state index contributed by atoms with van der Waals surface area (Å²) in [6, 6.07) is 0.340. The Balaban J connectivity index is 2.95. The van der Waals surface area contributed by atoms with Crippen molar-refractivity contribution in [1.29, 1.82) is 0 Å². The van der Waals surface area contributed by atoms with Crippen molar-refractivity contribution in [2.45, 2.75) is 65.6 Å². The van der Waals surface area contributed by atoms with Gasteiger partial charge in [-0.2, -0.15) is 5.10 Å². The minimum absolute atomic E-state index is 0.0719. The van der Waals surface area contributed by atoms with Gasteiger partial charge < -0.3 is 5.73 Å². The van der Waals surface area contributed by atoms with Crippen LogP contribution in [-0.4, -0.2) is 38.3 Å². The second-order valence-electron chi connectivity index (χ2n) is 5.36. The average Bonchev–Trinajstić information content (AvgIpc) is 2.88. The fourth-order valence-electron chi connectivity index (χ4n) is 2.72. The number of hydrogen-bond donors (Lipinski definition) is 1. The molecule has 0 atom stereocenters. The molecule has 2 N–H and O–H groups in total. The molecule has 110 valence electrons. The van der Waals surface area contributed by atoms with Crippen LogP contribution in [0.5, 0.6) is 0 Å². The lowest BCUT2D eigenvalue weighted by atomic mass is 9.90. The molecule has 19 heavy (non-hydrogen) atoms. The first-order valence-electron chi connectivity index (χ1n) is 7.38. The minimum atomic E-state index is 0.0719. The Bertz CT molecular complexity index is 359. The van der Waals surface area contributed by atoms with Gasteiger partial charge in [-0.3, -0.25) is 4.90 Å². The molecule has 0 aliphatic heterocycles. The van der Waals surface area contributed by atoms with Gasteiger partial charge in [0.15, 0.2) is 0 Å². The molecule has 0 saturated carbocycles. The highest BCUT2D eigenvalue weighted by Gasteiger charge is 2.32. The summed E-state index contributed by atoms with van der Waals surface area (Å²) in [5, 5.41) is 4.31. The smallest absolute Gasteiger partial charge is 0.141 e. The molecule has 0 amide bonds. The van der Waals surface area contributed by atoms with Crippen molar-refractivity contribution in [3.05, 3.63) is 12.2 Å². The summed E-state index contributed by atoms with van der Waals surface area (Å²) in [7, 11) is 0. The third-order valence-corrected chi connectivity index (χ3v) is 4.22. The highest BCUT2D eigenvalue weighted by Crippen LogP contribution is 2.24. The van der Waals surface area contributed by atoms with E-state index >= 15 is 0 Å². The predicted molar refractivity (Wildman–Crippen MR) is 78.9 cm³/mol. The second-order valence-corrected chi connectivity index (χ2v) is 5.36. The van der Waals surface area contributed by atoms with Crippen molar-refractivity contribution in [2.75, 3.05) is 13.1 Å². The molecule has 5 nitrogen and oxygen atoms in total. The fourth-order valence-corrected chi connectivity index (χ4v) is 2.72. The molecule has 0 aromatic carbocycles. The zero-order valence-electron chi connectivity index (χ0n) is 13.1. The first-order valence-corrected chi connectivity index (χ1v) is 7.38. The van der Waals surface area contributed by atoms with E-state index in [4.69, 9.17) is 5.73 Å². The summed E-state index contributed by atoms with van der Waals surface area (Å²) in [6.07, 6.45) is 3.76. The van der Waals surface area contributed by atoms with Gasteiger partial charge in [0.05, 0.1) is 6.54 Å². The molecule has 0 fully saturated rings. The average molecular weight is 267 g/mol. The highest BCUT2D eigenvalue weighted by molar-refractivity contribution is 4.94.